The van der Waals surface area contributed by atoms with E-state index in [1.807, 2.05) is 21.1 Å². The quantitative estimate of drug-likeness (QED) is 0.0214. The van der Waals surface area contributed by atoms with E-state index in [0.29, 0.717) is 24.1 Å². The van der Waals surface area contributed by atoms with Crippen molar-refractivity contribution < 1.29 is 37.3 Å². The molecule has 0 aliphatic carbocycles. The van der Waals surface area contributed by atoms with Crippen molar-refractivity contribution in [1.29, 1.82) is 0 Å². The first-order chi connectivity index (χ1) is 30.6. The number of nitrogens with zero attached hydrogens (tertiary/aromatic N) is 1. The van der Waals surface area contributed by atoms with Gasteiger partial charge in [-0.1, -0.05) is 182 Å². The van der Waals surface area contributed by atoms with Crippen molar-refractivity contribution in [1.82, 2.24) is 0 Å². The number of hydrogen-bond acceptors (Lipinski definition) is 6. The highest BCUT2D eigenvalue weighted by Gasteiger charge is 2.26. The zero-order chi connectivity index (χ0) is 46.2. The standard InChI is InChI=1S/C54H94NO7P/c1-6-8-10-12-14-16-18-20-22-24-26-27-28-30-32-34-36-38-40-42-44-46-49-59-51-53(52-61-63(57,58)60-50-48-55(3,4)5)62-54(56)47-45-43-41-39-37-35-33-31-29-25-23-21-19-17-15-13-11-9-7-2/h8-11,14-17,20-23,26-27,29,31,53H,6-7,12-13,18-19,24-25,28,30,32-52H2,1-5H3/p+1/b10-8-,11-9-,16-14-,17-15-,22-20-,23-21-,27-26-,31-29-. The summed E-state index contributed by atoms with van der Waals surface area (Å²) in [5, 5.41) is 0. The number of quaternary nitrogens is 1. The van der Waals surface area contributed by atoms with E-state index in [0.717, 1.165) is 96.3 Å². The summed E-state index contributed by atoms with van der Waals surface area (Å²) in [6.45, 7) is 5.35. The minimum Gasteiger partial charge on any atom is -0.457 e. The molecule has 0 rings (SSSR count). The van der Waals surface area contributed by atoms with Crippen LogP contribution >= 0.6 is 7.82 Å². The average Bonchev–Trinajstić information content (AvgIpc) is 3.24. The Morgan fingerprint density at radius 1 is 0.492 bits per heavy atom. The molecule has 0 radical (unpaired) electrons. The fourth-order valence-electron chi connectivity index (χ4n) is 6.36. The zero-order valence-corrected chi connectivity index (χ0v) is 41.9. The van der Waals surface area contributed by atoms with E-state index in [-0.39, 0.29) is 25.8 Å². The summed E-state index contributed by atoms with van der Waals surface area (Å²) in [4.78, 5) is 23.0. The second-order valence-electron chi connectivity index (χ2n) is 17.4. The van der Waals surface area contributed by atoms with Crippen molar-refractivity contribution >= 4 is 13.8 Å². The smallest absolute Gasteiger partial charge is 0.457 e. The first kappa shape index (κ1) is 60.4. The molecule has 362 valence electrons. The Morgan fingerprint density at radius 3 is 1.30 bits per heavy atom. The Balaban J connectivity index is 4.22. The molecule has 2 unspecified atom stereocenters. The normalized spacial score (nSPS) is 14.4. The molecule has 0 aliphatic heterocycles. The third-order valence-electron chi connectivity index (χ3n) is 10.1. The molecule has 0 fully saturated rings. The van der Waals surface area contributed by atoms with Crippen LogP contribution in [0, 0.1) is 0 Å². The highest BCUT2D eigenvalue weighted by Crippen LogP contribution is 2.43. The Kier molecular flexibility index (Phi) is 44.1. The monoisotopic (exact) mass is 901 g/mol. The third-order valence-corrected chi connectivity index (χ3v) is 11.1. The number of phosphoric acid groups is 1. The molecule has 2 atom stereocenters. The Bertz CT molecular complexity index is 1320. The van der Waals surface area contributed by atoms with Crippen LogP contribution in [0.1, 0.15) is 181 Å². The molecule has 0 amide bonds. The van der Waals surface area contributed by atoms with E-state index in [9.17, 15) is 14.3 Å². The van der Waals surface area contributed by atoms with Crippen molar-refractivity contribution in [3.63, 3.8) is 0 Å². The second-order valence-corrected chi connectivity index (χ2v) is 18.9. The minimum atomic E-state index is -4.29. The van der Waals surface area contributed by atoms with Gasteiger partial charge in [0, 0.05) is 13.0 Å². The highest BCUT2D eigenvalue weighted by molar-refractivity contribution is 7.47. The van der Waals surface area contributed by atoms with Crippen LogP contribution in [-0.4, -0.2) is 75.6 Å². The molecular formula is C54H95NO7P+. The van der Waals surface area contributed by atoms with Crippen molar-refractivity contribution in [2.24, 2.45) is 0 Å². The number of ether oxygens (including phenoxy) is 2. The molecule has 63 heavy (non-hydrogen) atoms. The van der Waals surface area contributed by atoms with E-state index in [1.165, 1.54) is 64.2 Å². The summed E-state index contributed by atoms with van der Waals surface area (Å²) in [5.41, 5.74) is 0. The summed E-state index contributed by atoms with van der Waals surface area (Å²) < 4.78 is 35.1. The van der Waals surface area contributed by atoms with Crippen LogP contribution in [-0.2, 0) is 27.9 Å². The number of esters is 1. The van der Waals surface area contributed by atoms with Crippen molar-refractivity contribution in [2.45, 2.75) is 187 Å². The molecule has 0 bridgehead atoms. The largest absolute Gasteiger partial charge is 0.472 e. The summed E-state index contributed by atoms with van der Waals surface area (Å²) in [7, 11) is 1.64. The summed E-state index contributed by atoms with van der Waals surface area (Å²) in [6.07, 6.45) is 63.0. The predicted octanol–water partition coefficient (Wildman–Crippen LogP) is 15.4. The molecular weight excluding hydrogens is 806 g/mol. The lowest BCUT2D eigenvalue weighted by atomic mass is 10.1. The van der Waals surface area contributed by atoms with Crippen LogP contribution in [0.15, 0.2) is 97.2 Å². The van der Waals surface area contributed by atoms with Crippen molar-refractivity contribution in [2.75, 3.05) is 54.1 Å². The maximum Gasteiger partial charge on any atom is 0.472 e. The molecule has 0 aromatic carbocycles. The number of rotatable bonds is 45. The van der Waals surface area contributed by atoms with Crippen LogP contribution in [0.3, 0.4) is 0 Å². The van der Waals surface area contributed by atoms with Crippen LogP contribution < -0.4 is 0 Å². The van der Waals surface area contributed by atoms with Gasteiger partial charge in [-0.25, -0.2) is 4.57 Å². The number of carbonyl (C=O) groups excluding carboxylic acids is 1. The van der Waals surface area contributed by atoms with Gasteiger partial charge < -0.3 is 18.9 Å². The summed E-state index contributed by atoms with van der Waals surface area (Å²) in [6, 6.07) is 0. The van der Waals surface area contributed by atoms with Gasteiger partial charge >= 0.3 is 13.8 Å². The summed E-state index contributed by atoms with van der Waals surface area (Å²) >= 11 is 0. The molecule has 0 spiro atoms. The second kappa shape index (κ2) is 46.0. The molecule has 0 aromatic heterocycles. The Hall–Kier alpha value is -2.58. The number of allylic oxidation sites excluding steroid dienone is 16. The van der Waals surface area contributed by atoms with E-state index in [4.69, 9.17) is 18.5 Å². The number of hydrogen-bond donors (Lipinski definition) is 1. The van der Waals surface area contributed by atoms with Crippen LogP contribution in [0.5, 0.6) is 0 Å². The molecule has 1 N–H and O–H groups in total. The number of carbonyl (C=O) groups is 1. The van der Waals surface area contributed by atoms with Crippen LogP contribution in [0.25, 0.3) is 0 Å². The third kappa shape index (κ3) is 50.3. The molecule has 8 nitrogen and oxygen atoms in total. The van der Waals surface area contributed by atoms with Gasteiger partial charge in [0.25, 0.3) is 0 Å². The first-order valence-electron chi connectivity index (χ1n) is 25.0. The maximum absolute atomic E-state index is 12.8. The highest BCUT2D eigenvalue weighted by atomic mass is 31.2. The molecule has 0 saturated heterocycles. The Labute approximate surface area is 387 Å². The van der Waals surface area contributed by atoms with Gasteiger partial charge in [-0.3, -0.25) is 13.8 Å². The van der Waals surface area contributed by atoms with Gasteiger partial charge in [-0.15, -0.1) is 0 Å². The number of phosphoric ester groups is 1. The van der Waals surface area contributed by atoms with Gasteiger partial charge in [-0.2, -0.15) is 0 Å². The van der Waals surface area contributed by atoms with Gasteiger partial charge in [0.15, 0.2) is 0 Å². The van der Waals surface area contributed by atoms with Gasteiger partial charge in [0.05, 0.1) is 34.4 Å². The first-order valence-corrected chi connectivity index (χ1v) is 26.5. The van der Waals surface area contributed by atoms with E-state index in [2.05, 4.69) is 111 Å². The minimum absolute atomic E-state index is 0.0787. The van der Waals surface area contributed by atoms with Crippen molar-refractivity contribution in [3.8, 4) is 0 Å². The molecule has 0 aliphatic rings. The zero-order valence-electron chi connectivity index (χ0n) is 41.0. The van der Waals surface area contributed by atoms with E-state index in [1.54, 1.807) is 0 Å². The molecule has 0 saturated carbocycles. The SMILES string of the molecule is CC/C=C\C/C=C\C/C=C\C/C=C\CCCCCCCCCCCOCC(COP(=O)(O)OCC[N+](C)(C)C)OC(=O)CCCCCCCC/C=C\C/C=C\C/C=C\C/C=C\CC. The predicted molar refractivity (Wildman–Crippen MR) is 270 cm³/mol. The van der Waals surface area contributed by atoms with Gasteiger partial charge in [0.2, 0.25) is 0 Å². The lowest BCUT2D eigenvalue weighted by Gasteiger charge is -2.24. The van der Waals surface area contributed by atoms with E-state index < -0.39 is 13.9 Å². The number of likely N-dealkylation sites (N-methyl/N-ethyl adjacent to an activating group) is 1. The topological polar surface area (TPSA) is 91.3 Å². The average molecular weight is 901 g/mol. The van der Waals surface area contributed by atoms with Crippen LogP contribution in [0.4, 0.5) is 0 Å². The molecule has 0 heterocycles. The number of unbranched alkanes of at least 4 members (excludes halogenated alkanes) is 15. The molecule has 9 heteroatoms. The lowest BCUT2D eigenvalue weighted by Crippen LogP contribution is -2.37. The lowest BCUT2D eigenvalue weighted by molar-refractivity contribution is -0.870. The van der Waals surface area contributed by atoms with E-state index >= 15 is 0 Å². The fourth-order valence-corrected chi connectivity index (χ4v) is 7.10. The molecule has 0 aromatic rings. The van der Waals surface area contributed by atoms with Crippen molar-refractivity contribution in [3.05, 3.63) is 97.2 Å². The van der Waals surface area contributed by atoms with Crippen LogP contribution in [0.2, 0.25) is 0 Å². The maximum atomic E-state index is 12.8. The Morgan fingerprint density at radius 2 is 0.873 bits per heavy atom. The summed E-state index contributed by atoms with van der Waals surface area (Å²) in [5.74, 6) is -0.333. The van der Waals surface area contributed by atoms with Gasteiger partial charge in [0.1, 0.15) is 19.3 Å². The fraction of sp³-hybridized carbons (Fsp3) is 0.685. The van der Waals surface area contributed by atoms with Gasteiger partial charge in [-0.05, 0) is 89.9 Å².